The lowest BCUT2D eigenvalue weighted by Gasteiger charge is -2.23. The number of nitrogens with zero attached hydrogens (tertiary/aromatic N) is 1. The second-order valence-electron chi connectivity index (χ2n) is 4.36. The van der Waals surface area contributed by atoms with E-state index < -0.39 is 0 Å². The first kappa shape index (κ1) is 12.7. The number of likely N-dealkylation sites (tertiary alicyclic amines) is 1. The maximum absolute atomic E-state index is 12.3. The van der Waals surface area contributed by atoms with Gasteiger partial charge in [0.05, 0.1) is 25.3 Å². The van der Waals surface area contributed by atoms with Crippen molar-refractivity contribution in [2.24, 2.45) is 0 Å². The van der Waals surface area contributed by atoms with E-state index in [1.165, 1.54) is 13.2 Å². The summed E-state index contributed by atoms with van der Waals surface area (Å²) >= 11 is 0. The Morgan fingerprint density at radius 1 is 1.56 bits per heavy atom. The van der Waals surface area contributed by atoms with Gasteiger partial charge in [-0.25, -0.2) is 0 Å². The zero-order chi connectivity index (χ0) is 13.1. The van der Waals surface area contributed by atoms with Gasteiger partial charge in [-0.2, -0.15) is 0 Å². The molecule has 0 saturated carbocycles. The summed E-state index contributed by atoms with van der Waals surface area (Å²) in [5, 5.41) is 19.0. The van der Waals surface area contributed by atoms with Crippen LogP contribution in [0.25, 0.3) is 0 Å². The van der Waals surface area contributed by atoms with Crippen molar-refractivity contribution in [2.45, 2.75) is 18.9 Å². The minimum atomic E-state index is -0.244. The van der Waals surface area contributed by atoms with Crippen molar-refractivity contribution in [3.8, 4) is 11.5 Å². The van der Waals surface area contributed by atoms with E-state index in [1.54, 1.807) is 17.0 Å². The van der Waals surface area contributed by atoms with Gasteiger partial charge < -0.3 is 19.8 Å². The molecule has 0 bridgehead atoms. The number of aromatic hydroxyl groups is 1. The van der Waals surface area contributed by atoms with Crippen LogP contribution in [0.4, 0.5) is 0 Å². The zero-order valence-corrected chi connectivity index (χ0v) is 10.3. The minimum absolute atomic E-state index is 0.0390. The largest absolute Gasteiger partial charge is 0.507 e. The van der Waals surface area contributed by atoms with Gasteiger partial charge >= 0.3 is 0 Å². The number of ether oxygens (including phenoxy) is 1. The van der Waals surface area contributed by atoms with Crippen LogP contribution >= 0.6 is 0 Å². The molecule has 0 radical (unpaired) electrons. The third-order valence-electron chi connectivity index (χ3n) is 3.28. The smallest absolute Gasteiger partial charge is 0.257 e. The predicted molar refractivity (Wildman–Crippen MR) is 65.8 cm³/mol. The molecular formula is C13H17NO4. The lowest BCUT2D eigenvalue weighted by molar-refractivity contribution is 0.0674. The standard InChI is InChI=1S/C13H17NO4/c1-18-10-4-5-11(12(16)7-10)13(17)14-6-2-3-9(14)8-15/h4-5,7,9,15-16H,2-3,6,8H2,1H3/t9-/m0/s1. The number of aliphatic hydroxyl groups is 1. The van der Waals surface area contributed by atoms with Crippen LogP contribution in [0.3, 0.4) is 0 Å². The Balaban J connectivity index is 2.23. The fourth-order valence-electron chi connectivity index (χ4n) is 2.27. The highest BCUT2D eigenvalue weighted by Gasteiger charge is 2.30. The molecule has 1 aromatic rings. The number of benzene rings is 1. The van der Waals surface area contributed by atoms with Crippen LogP contribution in [-0.2, 0) is 0 Å². The van der Waals surface area contributed by atoms with E-state index in [0.717, 1.165) is 12.8 Å². The molecule has 5 heteroatoms. The predicted octanol–water partition coefficient (Wildman–Crippen LogP) is 0.998. The van der Waals surface area contributed by atoms with E-state index in [0.29, 0.717) is 12.3 Å². The average molecular weight is 251 g/mol. The Bertz CT molecular complexity index is 447. The molecule has 1 aromatic carbocycles. The molecule has 0 spiro atoms. The Morgan fingerprint density at radius 3 is 2.94 bits per heavy atom. The Labute approximate surface area is 106 Å². The molecule has 18 heavy (non-hydrogen) atoms. The van der Waals surface area contributed by atoms with E-state index in [9.17, 15) is 15.0 Å². The second-order valence-corrected chi connectivity index (χ2v) is 4.36. The van der Waals surface area contributed by atoms with E-state index in [2.05, 4.69) is 0 Å². The maximum atomic E-state index is 12.3. The number of hydrogen-bond donors (Lipinski definition) is 2. The third kappa shape index (κ3) is 2.26. The summed E-state index contributed by atoms with van der Waals surface area (Å²) in [5.74, 6) is 0.166. The van der Waals surface area contributed by atoms with Crippen molar-refractivity contribution < 1.29 is 19.7 Å². The lowest BCUT2D eigenvalue weighted by atomic mass is 10.1. The summed E-state index contributed by atoms with van der Waals surface area (Å²) < 4.78 is 4.97. The van der Waals surface area contributed by atoms with Crippen molar-refractivity contribution in [3.63, 3.8) is 0 Å². The highest BCUT2D eigenvalue weighted by Crippen LogP contribution is 2.27. The highest BCUT2D eigenvalue weighted by atomic mass is 16.5. The average Bonchev–Trinajstić information content (AvgIpc) is 2.86. The van der Waals surface area contributed by atoms with Gasteiger partial charge in [-0.05, 0) is 25.0 Å². The molecule has 1 atom stereocenters. The SMILES string of the molecule is COc1ccc(C(=O)N2CCC[C@H]2CO)c(O)c1. The fourth-order valence-corrected chi connectivity index (χ4v) is 2.27. The van der Waals surface area contributed by atoms with Crippen LogP contribution in [0.15, 0.2) is 18.2 Å². The summed E-state index contributed by atoms with van der Waals surface area (Å²) in [6, 6.07) is 4.45. The molecule has 1 fully saturated rings. The van der Waals surface area contributed by atoms with E-state index in [-0.39, 0.29) is 29.9 Å². The molecule has 2 rings (SSSR count). The van der Waals surface area contributed by atoms with Crippen LogP contribution < -0.4 is 4.74 Å². The van der Waals surface area contributed by atoms with Gasteiger partial charge in [0.2, 0.25) is 0 Å². The summed E-state index contributed by atoms with van der Waals surface area (Å²) in [4.78, 5) is 13.9. The third-order valence-corrected chi connectivity index (χ3v) is 3.28. The topological polar surface area (TPSA) is 70.0 Å². The molecule has 5 nitrogen and oxygen atoms in total. The molecular weight excluding hydrogens is 234 g/mol. The summed E-state index contributed by atoms with van der Waals surface area (Å²) in [5.41, 5.74) is 0.246. The normalized spacial score (nSPS) is 19.0. The van der Waals surface area contributed by atoms with Gasteiger partial charge in [0.1, 0.15) is 11.5 Å². The number of carbonyl (C=O) groups excluding carboxylic acids is 1. The van der Waals surface area contributed by atoms with Crippen molar-refractivity contribution in [1.82, 2.24) is 4.90 Å². The molecule has 0 aliphatic carbocycles. The van der Waals surface area contributed by atoms with Gasteiger partial charge in [0.15, 0.2) is 0 Å². The monoisotopic (exact) mass is 251 g/mol. The van der Waals surface area contributed by atoms with E-state index in [1.807, 2.05) is 0 Å². The first-order valence-electron chi connectivity index (χ1n) is 5.96. The number of phenolic OH excluding ortho intramolecular Hbond substituents is 1. The first-order valence-corrected chi connectivity index (χ1v) is 5.96. The van der Waals surface area contributed by atoms with Crippen LogP contribution in [0.2, 0.25) is 0 Å². The number of carbonyl (C=O) groups is 1. The number of hydrogen-bond acceptors (Lipinski definition) is 4. The van der Waals surface area contributed by atoms with Gasteiger partial charge in [-0.15, -0.1) is 0 Å². The number of rotatable bonds is 3. The number of aliphatic hydroxyl groups excluding tert-OH is 1. The Morgan fingerprint density at radius 2 is 2.33 bits per heavy atom. The molecule has 1 saturated heterocycles. The first-order chi connectivity index (χ1) is 8.67. The molecule has 2 N–H and O–H groups in total. The van der Waals surface area contributed by atoms with Crippen LogP contribution in [0, 0.1) is 0 Å². The number of amides is 1. The quantitative estimate of drug-likeness (QED) is 0.840. The van der Waals surface area contributed by atoms with Crippen molar-refractivity contribution in [1.29, 1.82) is 0 Å². The van der Waals surface area contributed by atoms with Crippen molar-refractivity contribution >= 4 is 5.91 Å². The van der Waals surface area contributed by atoms with E-state index >= 15 is 0 Å². The molecule has 0 unspecified atom stereocenters. The van der Waals surface area contributed by atoms with E-state index in [4.69, 9.17) is 4.74 Å². The lowest BCUT2D eigenvalue weighted by Crippen LogP contribution is -2.37. The van der Waals surface area contributed by atoms with Crippen LogP contribution in [0.5, 0.6) is 11.5 Å². The summed E-state index contributed by atoms with van der Waals surface area (Å²) in [6.45, 7) is 0.582. The molecule has 1 aliphatic heterocycles. The minimum Gasteiger partial charge on any atom is -0.507 e. The van der Waals surface area contributed by atoms with Gasteiger partial charge in [0, 0.05) is 12.6 Å². The maximum Gasteiger partial charge on any atom is 0.257 e. The number of phenols is 1. The van der Waals surface area contributed by atoms with Crippen LogP contribution in [0.1, 0.15) is 23.2 Å². The highest BCUT2D eigenvalue weighted by molar-refractivity contribution is 5.97. The number of methoxy groups -OCH3 is 1. The van der Waals surface area contributed by atoms with Crippen molar-refractivity contribution in [3.05, 3.63) is 23.8 Å². The van der Waals surface area contributed by atoms with Gasteiger partial charge in [0.25, 0.3) is 5.91 Å². The molecule has 98 valence electrons. The molecule has 1 heterocycles. The van der Waals surface area contributed by atoms with Gasteiger partial charge in [-0.1, -0.05) is 0 Å². The molecule has 1 aliphatic rings. The van der Waals surface area contributed by atoms with Crippen molar-refractivity contribution in [2.75, 3.05) is 20.3 Å². The van der Waals surface area contributed by atoms with Crippen LogP contribution in [-0.4, -0.2) is 47.3 Å². The Kier molecular flexibility index (Phi) is 3.72. The summed E-state index contributed by atoms with van der Waals surface area (Å²) in [6.07, 6.45) is 1.69. The zero-order valence-electron chi connectivity index (χ0n) is 10.3. The van der Waals surface area contributed by atoms with Gasteiger partial charge in [-0.3, -0.25) is 4.79 Å². The summed E-state index contributed by atoms with van der Waals surface area (Å²) in [7, 11) is 1.50. The Hall–Kier alpha value is -1.75. The molecule has 0 aromatic heterocycles. The molecule has 1 amide bonds. The fraction of sp³-hybridized carbons (Fsp3) is 0.462. The second kappa shape index (κ2) is 5.27.